The van der Waals surface area contributed by atoms with Crippen LogP contribution in [-0.2, 0) is 21.4 Å². The van der Waals surface area contributed by atoms with E-state index in [1.54, 1.807) is 31.2 Å². The van der Waals surface area contributed by atoms with E-state index in [0.717, 1.165) is 11.1 Å². The Morgan fingerprint density at radius 1 is 1.00 bits per heavy atom. The molecular weight excluding hydrogens is 440 g/mol. The second-order valence-electron chi connectivity index (χ2n) is 7.54. The van der Waals surface area contributed by atoms with Crippen LogP contribution in [0.3, 0.4) is 0 Å². The lowest BCUT2D eigenvalue weighted by molar-refractivity contribution is 0.0467. The first-order valence-corrected chi connectivity index (χ1v) is 11.7. The van der Waals surface area contributed by atoms with Gasteiger partial charge in [0, 0.05) is 11.3 Å². The number of esters is 1. The number of sulfonamides is 1. The van der Waals surface area contributed by atoms with Gasteiger partial charge in [-0.2, -0.15) is 0 Å². The van der Waals surface area contributed by atoms with Crippen molar-refractivity contribution in [3.63, 3.8) is 0 Å². The van der Waals surface area contributed by atoms with Gasteiger partial charge >= 0.3 is 5.97 Å². The number of nitrogens with one attached hydrogen (secondary N) is 1. The number of anilines is 1. The Morgan fingerprint density at radius 2 is 1.79 bits per heavy atom. The summed E-state index contributed by atoms with van der Waals surface area (Å²) in [6.07, 6.45) is 1.42. The maximum absolute atomic E-state index is 12.9. The van der Waals surface area contributed by atoms with Crippen LogP contribution in [-0.4, -0.2) is 19.4 Å². The Kier molecular flexibility index (Phi) is 6.28. The van der Waals surface area contributed by atoms with Gasteiger partial charge in [-0.05, 0) is 61.4 Å². The molecule has 4 aromatic rings. The molecule has 1 heterocycles. The number of carbonyl (C=O) groups is 1. The third kappa shape index (κ3) is 5.30. The first-order valence-electron chi connectivity index (χ1n) is 10.2. The summed E-state index contributed by atoms with van der Waals surface area (Å²) in [5, 5.41) is 0. The Hall–Kier alpha value is -3.91. The van der Waals surface area contributed by atoms with Crippen molar-refractivity contribution in [3.8, 4) is 11.5 Å². The van der Waals surface area contributed by atoms with Crippen LogP contribution in [0, 0.1) is 13.8 Å². The fourth-order valence-electron chi connectivity index (χ4n) is 3.24. The van der Waals surface area contributed by atoms with Crippen molar-refractivity contribution in [1.29, 1.82) is 0 Å². The van der Waals surface area contributed by atoms with Crippen molar-refractivity contribution in [1.82, 2.24) is 4.98 Å². The molecule has 1 aromatic heterocycles. The third-order valence-electron chi connectivity index (χ3n) is 4.91. The highest BCUT2D eigenvalue weighted by atomic mass is 32.2. The van der Waals surface area contributed by atoms with E-state index in [-0.39, 0.29) is 17.1 Å². The predicted octanol–water partition coefficient (Wildman–Crippen LogP) is 5.12. The first-order chi connectivity index (χ1) is 15.8. The van der Waals surface area contributed by atoms with Gasteiger partial charge in [-0.3, -0.25) is 4.72 Å². The SMILES string of the molecule is Cc1cccc(NS(=O)(=O)c2cc(C(=O)OCc3coc(-c4ccccc4)n3)ccc2C)c1. The summed E-state index contributed by atoms with van der Waals surface area (Å²) in [5.74, 6) is -0.237. The molecule has 0 fully saturated rings. The quantitative estimate of drug-likeness (QED) is 0.383. The summed E-state index contributed by atoms with van der Waals surface area (Å²) in [4.78, 5) is 16.9. The minimum Gasteiger partial charge on any atom is -0.455 e. The fourth-order valence-corrected chi connectivity index (χ4v) is 4.57. The van der Waals surface area contributed by atoms with Crippen molar-refractivity contribution in [2.75, 3.05) is 4.72 Å². The van der Waals surface area contributed by atoms with Gasteiger partial charge in [-0.25, -0.2) is 18.2 Å². The van der Waals surface area contributed by atoms with Crippen molar-refractivity contribution in [2.24, 2.45) is 0 Å². The highest BCUT2D eigenvalue weighted by Crippen LogP contribution is 2.23. The number of hydrogen-bond donors (Lipinski definition) is 1. The van der Waals surface area contributed by atoms with Crippen LogP contribution in [0.1, 0.15) is 27.2 Å². The second-order valence-corrected chi connectivity index (χ2v) is 9.19. The second kappa shape index (κ2) is 9.30. The van der Waals surface area contributed by atoms with Gasteiger partial charge in [0.1, 0.15) is 18.6 Å². The molecule has 0 saturated carbocycles. The molecule has 0 aliphatic heterocycles. The molecule has 168 valence electrons. The Labute approximate surface area is 192 Å². The minimum absolute atomic E-state index is 0.00579. The zero-order chi connectivity index (χ0) is 23.4. The lowest BCUT2D eigenvalue weighted by Crippen LogP contribution is -2.15. The Morgan fingerprint density at radius 3 is 2.55 bits per heavy atom. The highest BCUT2D eigenvalue weighted by Gasteiger charge is 2.20. The van der Waals surface area contributed by atoms with E-state index in [2.05, 4.69) is 9.71 Å². The molecule has 33 heavy (non-hydrogen) atoms. The molecule has 0 bridgehead atoms. The molecule has 4 rings (SSSR count). The topological polar surface area (TPSA) is 98.5 Å². The third-order valence-corrected chi connectivity index (χ3v) is 6.43. The van der Waals surface area contributed by atoms with E-state index in [1.807, 2.05) is 43.3 Å². The standard InChI is InChI=1S/C25H22N2O5S/c1-17-7-6-10-21(13-17)27-33(29,30)23-14-20(12-11-18(23)2)25(28)32-16-22-15-31-24(26-22)19-8-4-3-5-9-19/h3-15,27H,16H2,1-2H3. The van der Waals surface area contributed by atoms with Crippen LogP contribution < -0.4 is 4.72 Å². The molecule has 0 aliphatic rings. The normalized spacial score (nSPS) is 11.2. The number of oxazole rings is 1. The van der Waals surface area contributed by atoms with Crippen LogP contribution in [0.5, 0.6) is 0 Å². The number of rotatable bonds is 7. The molecule has 0 aliphatic carbocycles. The van der Waals surface area contributed by atoms with Gasteiger partial charge in [-0.15, -0.1) is 0 Å². The van der Waals surface area contributed by atoms with Gasteiger partial charge in [-0.1, -0.05) is 36.4 Å². The van der Waals surface area contributed by atoms with Gasteiger partial charge in [0.15, 0.2) is 0 Å². The van der Waals surface area contributed by atoms with Gasteiger partial charge in [0.05, 0.1) is 10.5 Å². The number of hydrogen-bond acceptors (Lipinski definition) is 6. The van der Waals surface area contributed by atoms with E-state index in [4.69, 9.17) is 9.15 Å². The zero-order valence-electron chi connectivity index (χ0n) is 18.1. The average Bonchev–Trinajstić information content (AvgIpc) is 3.27. The van der Waals surface area contributed by atoms with Crippen LogP contribution in [0.4, 0.5) is 5.69 Å². The van der Waals surface area contributed by atoms with E-state index in [1.165, 1.54) is 18.4 Å². The summed E-state index contributed by atoms with van der Waals surface area (Å²) < 4.78 is 39.2. The number of aryl methyl sites for hydroxylation is 2. The van der Waals surface area contributed by atoms with Crippen LogP contribution in [0.2, 0.25) is 0 Å². The van der Waals surface area contributed by atoms with E-state index in [9.17, 15) is 13.2 Å². The zero-order valence-corrected chi connectivity index (χ0v) is 18.9. The van der Waals surface area contributed by atoms with Crippen molar-refractivity contribution in [3.05, 3.63) is 101 Å². The van der Waals surface area contributed by atoms with E-state index < -0.39 is 16.0 Å². The number of carbonyl (C=O) groups excluding carboxylic acids is 1. The summed E-state index contributed by atoms with van der Waals surface area (Å²) in [5.41, 5.74) is 3.26. The molecule has 0 atom stereocenters. The smallest absolute Gasteiger partial charge is 0.338 e. The summed E-state index contributed by atoms with van der Waals surface area (Å²) >= 11 is 0. The lowest BCUT2D eigenvalue weighted by Gasteiger charge is -2.12. The number of ether oxygens (including phenoxy) is 1. The maximum Gasteiger partial charge on any atom is 0.338 e. The highest BCUT2D eigenvalue weighted by molar-refractivity contribution is 7.92. The van der Waals surface area contributed by atoms with Crippen LogP contribution in [0.15, 0.2) is 88.4 Å². The molecule has 0 unspecified atom stereocenters. The summed E-state index contributed by atoms with van der Waals surface area (Å²) in [7, 11) is -3.90. The molecule has 0 amide bonds. The van der Waals surface area contributed by atoms with Crippen LogP contribution in [0.25, 0.3) is 11.5 Å². The first kappa shape index (κ1) is 22.3. The largest absolute Gasteiger partial charge is 0.455 e. The number of benzene rings is 3. The van der Waals surface area contributed by atoms with Crippen molar-refractivity contribution >= 4 is 21.7 Å². The average molecular weight is 463 g/mol. The van der Waals surface area contributed by atoms with Crippen molar-refractivity contribution in [2.45, 2.75) is 25.3 Å². The minimum atomic E-state index is -3.90. The fraction of sp³-hybridized carbons (Fsp3) is 0.120. The lowest BCUT2D eigenvalue weighted by atomic mass is 10.1. The van der Waals surface area contributed by atoms with E-state index >= 15 is 0 Å². The molecule has 1 N–H and O–H groups in total. The number of aromatic nitrogens is 1. The van der Waals surface area contributed by atoms with Gasteiger partial charge < -0.3 is 9.15 Å². The molecule has 0 radical (unpaired) electrons. The van der Waals surface area contributed by atoms with Gasteiger partial charge in [0.25, 0.3) is 10.0 Å². The predicted molar refractivity (Wildman–Crippen MR) is 124 cm³/mol. The molecule has 7 nitrogen and oxygen atoms in total. The number of nitrogens with zero attached hydrogens (tertiary/aromatic N) is 1. The maximum atomic E-state index is 12.9. The Bertz CT molecular complexity index is 1400. The van der Waals surface area contributed by atoms with Gasteiger partial charge in [0.2, 0.25) is 5.89 Å². The van der Waals surface area contributed by atoms with Crippen molar-refractivity contribution < 1.29 is 22.4 Å². The monoisotopic (exact) mass is 462 g/mol. The summed E-state index contributed by atoms with van der Waals surface area (Å²) in [6, 6.07) is 20.8. The molecule has 3 aromatic carbocycles. The molecule has 8 heteroatoms. The molecule has 0 spiro atoms. The molecule has 0 saturated heterocycles. The van der Waals surface area contributed by atoms with E-state index in [0.29, 0.717) is 22.8 Å². The summed E-state index contributed by atoms with van der Waals surface area (Å²) in [6.45, 7) is 3.43. The molecular formula is C25H22N2O5S. The van der Waals surface area contributed by atoms with Crippen LogP contribution >= 0.6 is 0 Å². The Balaban J connectivity index is 1.48.